The van der Waals surface area contributed by atoms with E-state index in [0.29, 0.717) is 11.6 Å². The molecule has 0 aliphatic heterocycles. The summed E-state index contributed by atoms with van der Waals surface area (Å²) >= 11 is 6.37. The van der Waals surface area contributed by atoms with Crippen LogP contribution in [-0.2, 0) is 6.42 Å². The topological polar surface area (TPSA) is 53.1 Å². The van der Waals surface area contributed by atoms with Crippen LogP contribution in [0.1, 0.15) is 5.69 Å². The first-order chi connectivity index (χ1) is 11.2. The number of rotatable bonds is 5. The van der Waals surface area contributed by atoms with E-state index >= 15 is 0 Å². The molecule has 3 aromatic rings. The lowest BCUT2D eigenvalue weighted by Gasteiger charge is -2.09. The van der Waals surface area contributed by atoms with E-state index in [1.807, 2.05) is 59.3 Å². The highest BCUT2D eigenvalue weighted by Gasteiger charge is 2.13. The molecule has 118 valence electrons. The third kappa shape index (κ3) is 3.23. The summed E-state index contributed by atoms with van der Waals surface area (Å²) in [6.07, 6.45) is 0.723. The first-order valence-electron chi connectivity index (χ1n) is 7.41. The number of hydrogen-bond acceptors (Lipinski definition) is 3. The highest BCUT2D eigenvalue weighted by atomic mass is 35.5. The first kappa shape index (κ1) is 15.6. The summed E-state index contributed by atoms with van der Waals surface area (Å²) in [5.74, 6) is 0.808. The van der Waals surface area contributed by atoms with Gasteiger partial charge >= 0.3 is 0 Å². The minimum atomic E-state index is 0.557. The highest BCUT2D eigenvalue weighted by Crippen LogP contribution is 2.30. The van der Waals surface area contributed by atoms with Crippen LogP contribution in [-0.4, -0.2) is 23.4 Å². The minimum absolute atomic E-state index is 0.557. The molecule has 0 atom stereocenters. The predicted octanol–water partition coefficient (Wildman–Crippen LogP) is 3.70. The molecule has 0 saturated carbocycles. The molecule has 0 radical (unpaired) electrons. The van der Waals surface area contributed by atoms with Crippen molar-refractivity contribution in [1.82, 2.24) is 9.78 Å². The second-order valence-electron chi connectivity index (χ2n) is 5.15. The zero-order chi connectivity index (χ0) is 16.2. The Labute approximate surface area is 140 Å². The molecule has 1 heterocycles. The number of aromatic nitrogens is 2. The molecule has 0 aliphatic carbocycles. The van der Waals surface area contributed by atoms with Crippen LogP contribution >= 0.6 is 11.6 Å². The SMILES string of the molecule is COc1ccc(-n2nc(CCN)cc2-c2ccccc2Cl)cc1. The van der Waals surface area contributed by atoms with E-state index in [-0.39, 0.29) is 0 Å². The van der Waals surface area contributed by atoms with E-state index in [1.165, 1.54) is 0 Å². The Morgan fingerprint density at radius 3 is 2.52 bits per heavy atom. The van der Waals surface area contributed by atoms with Crippen molar-refractivity contribution in [3.63, 3.8) is 0 Å². The van der Waals surface area contributed by atoms with Gasteiger partial charge in [0, 0.05) is 17.0 Å². The van der Waals surface area contributed by atoms with Crippen molar-refractivity contribution in [2.45, 2.75) is 6.42 Å². The molecule has 2 aromatic carbocycles. The Balaban J connectivity index is 2.12. The van der Waals surface area contributed by atoms with Crippen molar-refractivity contribution in [2.24, 2.45) is 5.73 Å². The van der Waals surface area contributed by atoms with Crippen LogP contribution < -0.4 is 10.5 Å². The fraction of sp³-hybridized carbons (Fsp3) is 0.167. The van der Waals surface area contributed by atoms with Crippen molar-refractivity contribution < 1.29 is 4.74 Å². The molecule has 0 fully saturated rings. The number of benzene rings is 2. The van der Waals surface area contributed by atoms with Crippen LogP contribution in [0.3, 0.4) is 0 Å². The monoisotopic (exact) mass is 327 g/mol. The van der Waals surface area contributed by atoms with Crippen LogP contribution in [0.2, 0.25) is 5.02 Å². The molecule has 0 unspecified atom stereocenters. The molecule has 4 nitrogen and oxygen atoms in total. The molecule has 1 aromatic heterocycles. The average molecular weight is 328 g/mol. The number of nitrogens with zero attached hydrogens (tertiary/aromatic N) is 2. The zero-order valence-electron chi connectivity index (χ0n) is 12.9. The minimum Gasteiger partial charge on any atom is -0.497 e. The second kappa shape index (κ2) is 6.86. The lowest BCUT2D eigenvalue weighted by molar-refractivity contribution is 0.414. The maximum absolute atomic E-state index is 6.37. The fourth-order valence-electron chi connectivity index (χ4n) is 2.48. The van der Waals surface area contributed by atoms with Crippen molar-refractivity contribution >= 4 is 11.6 Å². The average Bonchev–Trinajstić information content (AvgIpc) is 2.99. The summed E-state index contributed by atoms with van der Waals surface area (Å²) < 4.78 is 7.11. The van der Waals surface area contributed by atoms with E-state index in [0.717, 1.165) is 34.8 Å². The Kier molecular flexibility index (Phi) is 4.65. The third-order valence-corrected chi connectivity index (χ3v) is 3.96. The lowest BCUT2D eigenvalue weighted by Crippen LogP contribution is -2.04. The van der Waals surface area contributed by atoms with Crippen LogP contribution in [0.5, 0.6) is 5.75 Å². The molecule has 0 amide bonds. The molecule has 2 N–H and O–H groups in total. The summed E-state index contributed by atoms with van der Waals surface area (Å²) in [4.78, 5) is 0. The maximum atomic E-state index is 6.37. The summed E-state index contributed by atoms with van der Waals surface area (Å²) in [5.41, 5.74) is 9.46. The van der Waals surface area contributed by atoms with Gasteiger partial charge in [-0.15, -0.1) is 0 Å². The number of halogens is 1. The largest absolute Gasteiger partial charge is 0.497 e. The van der Waals surface area contributed by atoms with Crippen molar-refractivity contribution in [2.75, 3.05) is 13.7 Å². The van der Waals surface area contributed by atoms with Gasteiger partial charge in [0.15, 0.2) is 0 Å². The van der Waals surface area contributed by atoms with Gasteiger partial charge in [0.25, 0.3) is 0 Å². The van der Waals surface area contributed by atoms with Crippen LogP contribution in [0.25, 0.3) is 16.9 Å². The Morgan fingerprint density at radius 1 is 1.13 bits per heavy atom. The quantitative estimate of drug-likeness (QED) is 0.777. The van der Waals surface area contributed by atoms with Crippen molar-refractivity contribution in [1.29, 1.82) is 0 Å². The number of nitrogens with two attached hydrogens (primary N) is 1. The molecule has 0 aliphatic rings. The van der Waals surface area contributed by atoms with Gasteiger partial charge < -0.3 is 10.5 Å². The first-order valence-corrected chi connectivity index (χ1v) is 7.79. The van der Waals surface area contributed by atoms with Gasteiger partial charge in [0.05, 0.1) is 24.2 Å². The third-order valence-electron chi connectivity index (χ3n) is 3.63. The highest BCUT2D eigenvalue weighted by molar-refractivity contribution is 6.33. The summed E-state index contributed by atoms with van der Waals surface area (Å²) in [5, 5.41) is 5.38. The number of hydrogen-bond donors (Lipinski definition) is 1. The summed E-state index contributed by atoms with van der Waals surface area (Å²) in [6.45, 7) is 0.557. The van der Waals surface area contributed by atoms with E-state index in [2.05, 4.69) is 5.10 Å². The Morgan fingerprint density at radius 2 is 1.87 bits per heavy atom. The fourth-order valence-corrected chi connectivity index (χ4v) is 2.71. The lowest BCUT2D eigenvalue weighted by atomic mass is 10.1. The zero-order valence-corrected chi connectivity index (χ0v) is 13.6. The Hall–Kier alpha value is -2.30. The van der Waals surface area contributed by atoms with E-state index < -0.39 is 0 Å². The van der Waals surface area contributed by atoms with Gasteiger partial charge in [0.2, 0.25) is 0 Å². The summed E-state index contributed by atoms with van der Waals surface area (Å²) in [7, 11) is 1.65. The van der Waals surface area contributed by atoms with Gasteiger partial charge in [-0.25, -0.2) is 4.68 Å². The van der Waals surface area contributed by atoms with Crippen LogP contribution in [0.15, 0.2) is 54.6 Å². The molecular formula is C18H18ClN3O. The molecule has 23 heavy (non-hydrogen) atoms. The van der Waals surface area contributed by atoms with Gasteiger partial charge in [-0.1, -0.05) is 29.8 Å². The second-order valence-corrected chi connectivity index (χ2v) is 5.56. The van der Waals surface area contributed by atoms with E-state index in [1.54, 1.807) is 7.11 Å². The van der Waals surface area contributed by atoms with Gasteiger partial charge in [-0.3, -0.25) is 0 Å². The van der Waals surface area contributed by atoms with Gasteiger partial charge in [-0.05, 0) is 42.9 Å². The Bertz CT molecular complexity index is 796. The standard InChI is InChI=1S/C18H18ClN3O/c1-23-15-8-6-14(7-9-15)22-18(12-13(21-22)10-11-20)16-4-2-3-5-17(16)19/h2-9,12H,10-11,20H2,1H3. The molecule has 5 heteroatoms. The predicted molar refractivity (Wildman–Crippen MR) is 93.3 cm³/mol. The molecule has 0 bridgehead atoms. The number of ether oxygens (including phenoxy) is 1. The molecular weight excluding hydrogens is 310 g/mol. The molecule has 3 rings (SSSR count). The van der Waals surface area contributed by atoms with E-state index in [9.17, 15) is 0 Å². The smallest absolute Gasteiger partial charge is 0.119 e. The van der Waals surface area contributed by atoms with Crippen molar-refractivity contribution in [3.05, 3.63) is 65.3 Å². The van der Waals surface area contributed by atoms with Gasteiger partial charge in [0.1, 0.15) is 5.75 Å². The summed E-state index contributed by atoms with van der Waals surface area (Å²) in [6, 6.07) is 17.6. The normalized spacial score (nSPS) is 10.7. The molecule has 0 saturated heterocycles. The maximum Gasteiger partial charge on any atom is 0.119 e. The van der Waals surface area contributed by atoms with Gasteiger partial charge in [-0.2, -0.15) is 5.10 Å². The van der Waals surface area contributed by atoms with E-state index in [4.69, 9.17) is 22.1 Å². The van der Waals surface area contributed by atoms with Crippen LogP contribution in [0.4, 0.5) is 0 Å². The molecule has 0 spiro atoms. The number of methoxy groups -OCH3 is 1. The van der Waals surface area contributed by atoms with Crippen LogP contribution in [0, 0.1) is 0 Å². The van der Waals surface area contributed by atoms with Crippen molar-refractivity contribution in [3.8, 4) is 22.7 Å².